The fraction of sp³-hybridized carbons (Fsp3) is 0.786. The van der Waals surface area contributed by atoms with Crippen LogP contribution in [0.25, 0.3) is 0 Å². The van der Waals surface area contributed by atoms with E-state index in [-0.39, 0.29) is 11.7 Å². The molecule has 2 aliphatic heterocycles. The number of hydrogen-bond donors (Lipinski definition) is 1. The summed E-state index contributed by atoms with van der Waals surface area (Å²) in [4.78, 5) is 5.31. The van der Waals surface area contributed by atoms with E-state index in [0.29, 0.717) is 5.92 Å². The topological polar surface area (TPSA) is 42.4 Å². The van der Waals surface area contributed by atoms with Crippen LogP contribution in [0.4, 0.5) is 0 Å². The molecule has 19 heavy (non-hydrogen) atoms. The maximum Gasteiger partial charge on any atom is 0.0930 e. The van der Waals surface area contributed by atoms with Crippen molar-refractivity contribution in [2.45, 2.75) is 44.3 Å². The Bertz CT molecular complexity index is 423. The number of thiazole rings is 1. The maximum atomic E-state index is 10.6. The van der Waals surface area contributed by atoms with Crippen molar-refractivity contribution >= 4 is 23.1 Å². The molecule has 0 saturated carbocycles. The molecule has 3 nitrogen and oxygen atoms in total. The molecule has 1 aromatic rings. The van der Waals surface area contributed by atoms with Gasteiger partial charge in [-0.2, -0.15) is 11.8 Å². The van der Waals surface area contributed by atoms with Gasteiger partial charge in [0.25, 0.3) is 0 Å². The van der Waals surface area contributed by atoms with Crippen molar-refractivity contribution in [2.24, 2.45) is 5.92 Å². The quantitative estimate of drug-likeness (QED) is 0.911. The minimum Gasteiger partial charge on any atom is -0.387 e. The molecule has 1 spiro atoms. The molecule has 0 amide bonds. The van der Waals surface area contributed by atoms with Gasteiger partial charge >= 0.3 is 0 Å². The van der Waals surface area contributed by atoms with Gasteiger partial charge in [0, 0.05) is 6.61 Å². The molecule has 106 valence electrons. The van der Waals surface area contributed by atoms with Crippen LogP contribution in [-0.2, 0) is 4.74 Å². The van der Waals surface area contributed by atoms with Crippen molar-refractivity contribution in [2.75, 3.05) is 18.1 Å². The van der Waals surface area contributed by atoms with Gasteiger partial charge in [0.05, 0.1) is 27.8 Å². The van der Waals surface area contributed by atoms with Gasteiger partial charge < -0.3 is 9.84 Å². The van der Waals surface area contributed by atoms with Crippen molar-refractivity contribution in [1.82, 2.24) is 4.98 Å². The Hall–Kier alpha value is -0.100. The van der Waals surface area contributed by atoms with Crippen LogP contribution >= 0.6 is 23.1 Å². The fourth-order valence-corrected chi connectivity index (χ4v) is 5.35. The standard InChI is InChI=1S/C14H21NO2S2/c1-10-13(19-9-15-10)12(16)11-2-5-17-14(8-11)3-6-18-7-4-14/h9,11-12,16H,2-8H2,1H3. The number of rotatable bonds is 2. The molecule has 2 aliphatic rings. The molecule has 2 fully saturated rings. The second-order valence-corrected chi connectivity index (χ2v) is 7.75. The molecule has 3 rings (SSSR count). The predicted octanol–water partition coefficient (Wildman–Crippen LogP) is 3.18. The Kier molecular flexibility index (Phi) is 4.17. The van der Waals surface area contributed by atoms with Crippen LogP contribution in [0.1, 0.15) is 42.4 Å². The van der Waals surface area contributed by atoms with Crippen molar-refractivity contribution in [3.05, 3.63) is 16.1 Å². The lowest BCUT2D eigenvalue weighted by molar-refractivity contribution is -0.121. The highest BCUT2D eigenvalue weighted by Gasteiger charge is 2.41. The third kappa shape index (κ3) is 2.84. The first kappa shape index (κ1) is 13.9. The summed E-state index contributed by atoms with van der Waals surface area (Å²) < 4.78 is 6.10. The van der Waals surface area contributed by atoms with Crippen molar-refractivity contribution in [3.8, 4) is 0 Å². The van der Waals surface area contributed by atoms with E-state index in [1.165, 1.54) is 11.5 Å². The number of hydrogen-bond acceptors (Lipinski definition) is 5. The van der Waals surface area contributed by atoms with Gasteiger partial charge in [-0.1, -0.05) is 0 Å². The first-order valence-corrected chi connectivity index (χ1v) is 9.03. The number of aryl methyl sites for hydroxylation is 1. The molecule has 1 N–H and O–H groups in total. The molecule has 0 aromatic carbocycles. The van der Waals surface area contributed by atoms with Gasteiger partial charge in [0.1, 0.15) is 0 Å². The molecular formula is C14H21NO2S2. The summed E-state index contributed by atoms with van der Waals surface area (Å²) in [5.41, 5.74) is 2.87. The minimum absolute atomic E-state index is 0.0493. The van der Waals surface area contributed by atoms with E-state index in [1.54, 1.807) is 11.3 Å². The van der Waals surface area contributed by atoms with E-state index < -0.39 is 0 Å². The van der Waals surface area contributed by atoms with Gasteiger partial charge in [-0.3, -0.25) is 0 Å². The highest BCUT2D eigenvalue weighted by Crippen LogP contribution is 2.44. The third-order valence-electron chi connectivity index (χ3n) is 4.43. The van der Waals surface area contributed by atoms with Crippen LogP contribution in [-0.4, -0.2) is 33.8 Å². The van der Waals surface area contributed by atoms with Crippen LogP contribution in [0.5, 0.6) is 0 Å². The van der Waals surface area contributed by atoms with Gasteiger partial charge in [-0.15, -0.1) is 11.3 Å². The Balaban J connectivity index is 1.72. The molecular weight excluding hydrogens is 278 g/mol. The lowest BCUT2D eigenvalue weighted by atomic mass is 9.79. The van der Waals surface area contributed by atoms with E-state index in [0.717, 1.165) is 42.9 Å². The lowest BCUT2D eigenvalue weighted by Gasteiger charge is -2.44. The highest BCUT2D eigenvalue weighted by molar-refractivity contribution is 7.99. The van der Waals surface area contributed by atoms with Crippen LogP contribution in [0.15, 0.2) is 5.51 Å². The second-order valence-electron chi connectivity index (χ2n) is 5.64. The molecule has 2 saturated heterocycles. The van der Waals surface area contributed by atoms with E-state index in [2.05, 4.69) is 4.98 Å². The van der Waals surface area contributed by atoms with Gasteiger partial charge in [-0.25, -0.2) is 4.98 Å². The number of ether oxygens (including phenoxy) is 1. The van der Waals surface area contributed by atoms with E-state index >= 15 is 0 Å². The SMILES string of the molecule is Cc1ncsc1C(O)C1CCOC2(CCSCC2)C1. The number of aromatic nitrogens is 1. The Morgan fingerprint density at radius 3 is 2.95 bits per heavy atom. The Morgan fingerprint density at radius 1 is 1.47 bits per heavy atom. The zero-order valence-corrected chi connectivity index (χ0v) is 12.9. The third-order valence-corrected chi connectivity index (χ3v) is 6.42. The van der Waals surface area contributed by atoms with Gasteiger partial charge in [0.15, 0.2) is 0 Å². The summed E-state index contributed by atoms with van der Waals surface area (Å²) in [6, 6.07) is 0. The largest absolute Gasteiger partial charge is 0.387 e. The van der Waals surface area contributed by atoms with E-state index in [9.17, 15) is 5.11 Å². The molecule has 2 unspecified atom stereocenters. The summed E-state index contributed by atoms with van der Waals surface area (Å²) in [5, 5.41) is 10.6. The zero-order chi connectivity index (χ0) is 13.3. The average molecular weight is 299 g/mol. The number of thioether (sulfide) groups is 1. The average Bonchev–Trinajstić information content (AvgIpc) is 2.85. The molecule has 0 aliphatic carbocycles. The summed E-state index contributed by atoms with van der Waals surface area (Å²) in [7, 11) is 0. The molecule has 2 atom stereocenters. The summed E-state index contributed by atoms with van der Waals surface area (Å²) >= 11 is 3.60. The number of aliphatic hydroxyl groups excluding tert-OH is 1. The molecule has 0 bridgehead atoms. The minimum atomic E-state index is -0.358. The Labute approximate surface area is 122 Å². The predicted molar refractivity (Wildman–Crippen MR) is 79.8 cm³/mol. The lowest BCUT2D eigenvalue weighted by Crippen LogP contribution is -2.44. The maximum absolute atomic E-state index is 10.6. The molecule has 5 heteroatoms. The van der Waals surface area contributed by atoms with Crippen molar-refractivity contribution in [1.29, 1.82) is 0 Å². The van der Waals surface area contributed by atoms with E-state index in [4.69, 9.17) is 4.74 Å². The number of nitrogens with zero attached hydrogens (tertiary/aromatic N) is 1. The van der Waals surface area contributed by atoms with Crippen LogP contribution in [0.3, 0.4) is 0 Å². The molecule has 3 heterocycles. The number of aliphatic hydroxyl groups is 1. The highest BCUT2D eigenvalue weighted by atomic mass is 32.2. The van der Waals surface area contributed by atoms with Gasteiger partial charge in [0.2, 0.25) is 0 Å². The fourth-order valence-electron chi connectivity index (χ4n) is 3.24. The second kappa shape index (κ2) is 5.72. The molecule has 1 aromatic heterocycles. The molecule has 0 radical (unpaired) electrons. The van der Waals surface area contributed by atoms with Crippen LogP contribution < -0.4 is 0 Å². The first-order valence-electron chi connectivity index (χ1n) is 7.00. The van der Waals surface area contributed by atoms with Gasteiger partial charge in [-0.05, 0) is 50.0 Å². The van der Waals surface area contributed by atoms with E-state index in [1.807, 2.05) is 24.2 Å². The summed E-state index contributed by atoms with van der Waals surface area (Å²) in [6.07, 6.45) is 3.90. The smallest absolute Gasteiger partial charge is 0.0930 e. The zero-order valence-electron chi connectivity index (χ0n) is 11.3. The normalized spacial score (nSPS) is 28.4. The monoisotopic (exact) mass is 299 g/mol. The summed E-state index contributed by atoms with van der Waals surface area (Å²) in [5.74, 6) is 2.72. The van der Waals surface area contributed by atoms with Crippen molar-refractivity contribution in [3.63, 3.8) is 0 Å². The van der Waals surface area contributed by atoms with Crippen LogP contribution in [0.2, 0.25) is 0 Å². The van der Waals surface area contributed by atoms with Crippen LogP contribution in [0, 0.1) is 12.8 Å². The summed E-state index contributed by atoms with van der Waals surface area (Å²) in [6.45, 7) is 2.78. The Morgan fingerprint density at radius 2 is 2.26 bits per heavy atom. The van der Waals surface area contributed by atoms with Crippen molar-refractivity contribution < 1.29 is 9.84 Å². The first-order chi connectivity index (χ1) is 9.20.